The molecule has 0 aromatic carbocycles. The van der Waals surface area contributed by atoms with E-state index in [-0.39, 0.29) is 6.10 Å². The van der Waals surface area contributed by atoms with E-state index in [2.05, 4.69) is 22.2 Å². The van der Waals surface area contributed by atoms with Gasteiger partial charge in [0.05, 0.1) is 0 Å². The van der Waals surface area contributed by atoms with Crippen molar-refractivity contribution in [3.05, 3.63) is 11.9 Å². The van der Waals surface area contributed by atoms with E-state index in [9.17, 15) is 0 Å². The van der Waals surface area contributed by atoms with Crippen LogP contribution in [0.25, 0.3) is 0 Å². The van der Waals surface area contributed by atoms with Crippen LogP contribution in [-0.2, 0) is 11.3 Å². The first-order valence-corrected chi connectivity index (χ1v) is 6.92. The molecular weight excluding hydrogens is 242 g/mol. The Morgan fingerprint density at radius 1 is 1.26 bits per heavy atom. The van der Waals surface area contributed by atoms with Gasteiger partial charge in [-0.25, -0.2) is 4.98 Å². The normalized spacial score (nSPS) is 23.1. The van der Waals surface area contributed by atoms with Crippen LogP contribution in [0.1, 0.15) is 38.4 Å². The minimum Gasteiger partial charge on any atom is -0.474 e. The number of hydrogen-bond acceptors (Lipinski definition) is 5. The summed E-state index contributed by atoms with van der Waals surface area (Å²) < 4.78 is 11.1. The molecule has 1 aromatic heterocycles. The number of nitrogens with one attached hydrogen (secondary N) is 1. The number of aromatic nitrogens is 2. The van der Waals surface area contributed by atoms with E-state index < -0.39 is 0 Å². The molecule has 2 rings (SSSR count). The number of anilines is 1. The molecular formula is C14H23N3O2. The summed E-state index contributed by atoms with van der Waals surface area (Å²) in [5, 5.41) is 3.02. The number of methoxy groups -OCH3 is 1. The highest BCUT2D eigenvalue weighted by molar-refractivity contribution is 5.37. The molecule has 5 nitrogen and oxygen atoms in total. The van der Waals surface area contributed by atoms with E-state index in [1.54, 1.807) is 7.11 Å². The predicted octanol–water partition coefficient (Wildman–Crippen LogP) is 2.62. The zero-order valence-corrected chi connectivity index (χ0v) is 12.0. The molecule has 1 aliphatic rings. The van der Waals surface area contributed by atoms with Gasteiger partial charge >= 0.3 is 0 Å². The Morgan fingerprint density at radius 3 is 2.63 bits per heavy atom. The molecule has 1 N–H and O–H groups in total. The predicted molar refractivity (Wildman–Crippen MR) is 74.3 cm³/mol. The fourth-order valence-electron chi connectivity index (χ4n) is 2.37. The molecule has 1 fully saturated rings. The third kappa shape index (κ3) is 4.06. The molecule has 1 aromatic rings. The van der Waals surface area contributed by atoms with Gasteiger partial charge in [0.25, 0.3) is 0 Å². The SMILES string of the molecule is CNc1cc(OC2CCC(C)CC2)nc(COC)n1. The summed E-state index contributed by atoms with van der Waals surface area (Å²) >= 11 is 0. The second-order valence-corrected chi connectivity index (χ2v) is 5.19. The van der Waals surface area contributed by atoms with Crippen LogP contribution in [0.2, 0.25) is 0 Å². The Kier molecular flexibility index (Phi) is 4.96. The minimum atomic E-state index is 0.284. The molecule has 5 heteroatoms. The van der Waals surface area contributed by atoms with Crippen LogP contribution < -0.4 is 10.1 Å². The highest BCUT2D eigenvalue weighted by atomic mass is 16.5. The van der Waals surface area contributed by atoms with Gasteiger partial charge in [-0.05, 0) is 31.6 Å². The van der Waals surface area contributed by atoms with Crippen molar-refractivity contribution in [2.45, 2.75) is 45.3 Å². The van der Waals surface area contributed by atoms with Crippen molar-refractivity contribution in [3.63, 3.8) is 0 Å². The van der Waals surface area contributed by atoms with Crippen LogP contribution in [0.5, 0.6) is 5.88 Å². The number of nitrogens with zero attached hydrogens (tertiary/aromatic N) is 2. The molecule has 0 aliphatic heterocycles. The molecule has 0 radical (unpaired) electrons. The molecule has 0 spiro atoms. The molecule has 1 heterocycles. The maximum Gasteiger partial charge on any atom is 0.219 e. The first kappa shape index (κ1) is 14.1. The van der Waals surface area contributed by atoms with E-state index in [1.165, 1.54) is 12.8 Å². The Balaban J connectivity index is 2.04. The summed E-state index contributed by atoms with van der Waals surface area (Å²) in [4.78, 5) is 8.71. The highest BCUT2D eigenvalue weighted by Gasteiger charge is 2.20. The number of hydrogen-bond donors (Lipinski definition) is 1. The Morgan fingerprint density at radius 2 is 2.00 bits per heavy atom. The summed E-state index contributed by atoms with van der Waals surface area (Å²) in [5.74, 6) is 2.88. The van der Waals surface area contributed by atoms with Crippen molar-refractivity contribution in [1.29, 1.82) is 0 Å². The summed E-state index contributed by atoms with van der Waals surface area (Å²) in [7, 11) is 3.48. The average Bonchev–Trinajstić information content (AvgIpc) is 2.41. The first-order chi connectivity index (χ1) is 9.21. The van der Waals surface area contributed by atoms with Crippen molar-refractivity contribution in [2.75, 3.05) is 19.5 Å². The molecule has 1 aliphatic carbocycles. The highest BCUT2D eigenvalue weighted by Crippen LogP contribution is 2.27. The van der Waals surface area contributed by atoms with E-state index >= 15 is 0 Å². The van der Waals surface area contributed by atoms with Crippen molar-refractivity contribution < 1.29 is 9.47 Å². The molecule has 19 heavy (non-hydrogen) atoms. The second-order valence-electron chi connectivity index (χ2n) is 5.19. The molecule has 0 bridgehead atoms. The fraction of sp³-hybridized carbons (Fsp3) is 0.714. The van der Waals surface area contributed by atoms with Crippen LogP contribution in [0.3, 0.4) is 0 Å². The topological polar surface area (TPSA) is 56.3 Å². The quantitative estimate of drug-likeness (QED) is 0.887. The third-order valence-corrected chi connectivity index (χ3v) is 3.53. The lowest BCUT2D eigenvalue weighted by Crippen LogP contribution is -2.23. The standard InChI is InChI=1S/C14H23N3O2/c1-10-4-6-11(7-5-10)19-14-8-12(15-2)16-13(17-14)9-18-3/h8,10-11H,4-7,9H2,1-3H3,(H,15,16,17). The summed E-state index contributed by atoms with van der Waals surface area (Å²) in [6.45, 7) is 2.70. The lowest BCUT2D eigenvalue weighted by molar-refractivity contribution is 0.127. The zero-order chi connectivity index (χ0) is 13.7. The van der Waals surface area contributed by atoms with E-state index in [0.29, 0.717) is 18.3 Å². The summed E-state index contributed by atoms with van der Waals surface area (Å²) in [6.07, 6.45) is 4.98. The molecule has 106 valence electrons. The van der Waals surface area contributed by atoms with Gasteiger partial charge in [-0.15, -0.1) is 0 Å². The van der Waals surface area contributed by atoms with Crippen LogP contribution in [0.15, 0.2) is 6.07 Å². The van der Waals surface area contributed by atoms with Crippen molar-refractivity contribution >= 4 is 5.82 Å². The first-order valence-electron chi connectivity index (χ1n) is 6.92. The van der Waals surface area contributed by atoms with Gasteiger partial charge < -0.3 is 14.8 Å². The third-order valence-electron chi connectivity index (χ3n) is 3.53. The van der Waals surface area contributed by atoms with Crippen LogP contribution in [-0.4, -0.2) is 30.2 Å². The summed E-state index contributed by atoms with van der Waals surface area (Å²) in [5.41, 5.74) is 0. The molecule has 0 atom stereocenters. The van der Waals surface area contributed by atoms with Gasteiger partial charge in [0.1, 0.15) is 18.5 Å². The van der Waals surface area contributed by atoms with Gasteiger partial charge in [0.2, 0.25) is 5.88 Å². The lowest BCUT2D eigenvalue weighted by atomic mass is 9.89. The smallest absolute Gasteiger partial charge is 0.219 e. The maximum atomic E-state index is 5.99. The van der Waals surface area contributed by atoms with Crippen molar-refractivity contribution in [3.8, 4) is 5.88 Å². The second kappa shape index (κ2) is 6.70. The van der Waals surface area contributed by atoms with Crippen molar-refractivity contribution in [1.82, 2.24) is 9.97 Å². The van der Waals surface area contributed by atoms with E-state index in [1.807, 2.05) is 13.1 Å². The van der Waals surface area contributed by atoms with Crippen LogP contribution in [0.4, 0.5) is 5.82 Å². The summed E-state index contributed by atoms with van der Waals surface area (Å²) in [6, 6.07) is 1.84. The van der Waals surface area contributed by atoms with Crippen LogP contribution >= 0.6 is 0 Å². The molecule has 0 amide bonds. The van der Waals surface area contributed by atoms with Crippen LogP contribution in [0, 0.1) is 5.92 Å². The van der Waals surface area contributed by atoms with Gasteiger partial charge in [0, 0.05) is 20.2 Å². The number of rotatable bonds is 5. The van der Waals surface area contributed by atoms with Gasteiger partial charge in [-0.1, -0.05) is 6.92 Å². The number of ether oxygens (including phenoxy) is 2. The monoisotopic (exact) mass is 265 g/mol. The van der Waals surface area contributed by atoms with E-state index in [0.717, 1.165) is 24.6 Å². The largest absolute Gasteiger partial charge is 0.474 e. The minimum absolute atomic E-state index is 0.284. The van der Waals surface area contributed by atoms with E-state index in [4.69, 9.17) is 9.47 Å². The van der Waals surface area contributed by atoms with Gasteiger partial charge in [-0.2, -0.15) is 4.98 Å². The molecule has 1 saturated carbocycles. The van der Waals surface area contributed by atoms with Gasteiger partial charge in [0.15, 0.2) is 5.82 Å². The maximum absolute atomic E-state index is 5.99. The lowest BCUT2D eigenvalue weighted by Gasteiger charge is -2.26. The molecule has 0 saturated heterocycles. The average molecular weight is 265 g/mol. The Bertz CT molecular complexity index is 404. The molecule has 0 unspecified atom stereocenters. The fourth-order valence-corrected chi connectivity index (χ4v) is 2.37. The Hall–Kier alpha value is -1.36. The van der Waals surface area contributed by atoms with Crippen molar-refractivity contribution in [2.24, 2.45) is 5.92 Å². The zero-order valence-electron chi connectivity index (χ0n) is 12.0. The van der Waals surface area contributed by atoms with Gasteiger partial charge in [-0.3, -0.25) is 0 Å². The Labute approximate surface area is 114 Å².